The first-order chi connectivity index (χ1) is 7.36. The molecule has 1 aromatic heterocycles. The predicted molar refractivity (Wildman–Crippen MR) is 59.5 cm³/mol. The van der Waals surface area contributed by atoms with E-state index in [9.17, 15) is 0 Å². The van der Waals surface area contributed by atoms with E-state index in [0.717, 1.165) is 29.6 Å². The third kappa shape index (κ3) is 1.35. The van der Waals surface area contributed by atoms with Crippen LogP contribution in [0.5, 0.6) is 0 Å². The molecule has 3 rings (SSSR count). The number of hydrogen-bond donors (Lipinski definition) is 2. The van der Waals surface area contributed by atoms with E-state index in [4.69, 9.17) is 10.2 Å². The van der Waals surface area contributed by atoms with Crippen molar-refractivity contribution in [2.24, 2.45) is 11.7 Å². The molecule has 3 heteroatoms. The van der Waals surface area contributed by atoms with Crippen molar-refractivity contribution in [2.45, 2.75) is 6.04 Å². The first-order valence-corrected chi connectivity index (χ1v) is 5.28. The third-order valence-corrected chi connectivity index (χ3v) is 3.19. The molecule has 0 saturated carbocycles. The second-order valence-electron chi connectivity index (χ2n) is 4.13. The highest BCUT2D eigenvalue weighted by Gasteiger charge is 2.27. The summed E-state index contributed by atoms with van der Waals surface area (Å²) < 4.78 is 5.49. The van der Waals surface area contributed by atoms with Crippen molar-refractivity contribution < 1.29 is 4.42 Å². The van der Waals surface area contributed by atoms with Crippen molar-refractivity contribution in [1.82, 2.24) is 5.32 Å². The number of rotatable bonds is 2. The molecule has 1 aromatic carbocycles. The maximum atomic E-state index is 6.21. The Morgan fingerprint density at radius 2 is 2.13 bits per heavy atom. The lowest BCUT2D eigenvalue weighted by atomic mass is 9.89. The van der Waals surface area contributed by atoms with Crippen LogP contribution in [0.4, 0.5) is 0 Å². The van der Waals surface area contributed by atoms with Crippen LogP contribution in [-0.2, 0) is 0 Å². The van der Waals surface area contributed by atoms with Crippen molar-refractivity contribution in [1.29, 1.82) is 0 Å². The lowest BCUT2D eigenvalue weighted by Gasteiger charge is -2.32. The van der Waals surface area contributed by atoms with Crippen LogP contribution in [0.3, 0.4) is 0 Å². The molecule has 0 spiro atoms. The van der Waals surface area contributed by atoms with Gasteiger partial charge in [0.2, 0.25) is 0 Å². The normalized spacial score (nSPS) is 19.0. The molecule has 0 radical (unpaired) electrons. The van der Waals surface area contributed by atoms with Crippen LogP contribution < -0.4 is 11.1 Å². The highest BCUT2D eigenvalue weighted by Crippen LogP contribution is 2.30. The zero-order valence-corrected chi connectivity index (χ0v) is 8.44. The number of benzene rings is 1. The minimum absolute atomic E-state index is 0.0925. The first kappa shape index (κ1) is 8.95. The summed E-state index contributed by atoms with van der Waals surface area (Å²) in [7, 11) is 0. The fourth-order valence-electron chi connectivity index (χ4n) is 2.08. The predicted octanol–water partition coefficient (Wildman–Crippen LogP) is 1.65. The smallest absolute Gasteiger partial charge is 0.134 e. The molecule has 0 aliphatic carbocycles. The molecule has 3 nitrogen and oxygen atoms in total. The minimum Gasteiger partial charge on any atom is -0.464 e. The summed E-state index contributed by atoms with van der Waals surface area (Å²) in [6.45, 7) is 2.03. The molecule has 1 aliphatic rings. The largest absolute Gasteiger partial charge is 0.464 e. The Balaban J connectivity index is 2.02. The summed E-state index contributed by atoms with van der Waals surface area (Å²) in [5.41, 5.74) is 8.27. The average molecular weight is 202 g/mol. The van der Waals surface area contributed by atoms with Crippen LogP contribution >= 0.6 is 0 Å². The van der Waals surface area contributed by atoms with Gasteiger partial charge in [0, 0.05) is 36.0 Å². The molecule has 1 saturated heterocycles. The van der Waals surface area contributed by atoms with Gasteiger partial charge in [-0.25, -0.2) is 0 Å². The fourth-order valence-corrected chi connectivity index (χ4v) is 2.08. The Morgan fingerprint density at radius 3 is 2.87 bits per heavy atom. The van der Waals surface area contributed by atoms with Crippen molar-refractivity contribution in [3.8, 4) is 0 Å². The van der Waals surface area contributed by atoms with Gasteiger partial charge in [-0.05, 0) is 6.07 Å². The van der Waals surface area contributed by atoms with Gasteiger partial charge < -0.3 is 15.5 Å². The van der Waals surface area contributed by atoms with Crippen molar-refractivity contribution in [3.05, 3.63) is 36.1 Å². The van der Waals surface area contributed by atoms with E-state index < -0.39 is 0 Å². The highest BCUT2D eigenvalue weighted by atomic mass is 16.3. The summed E-state index contributed by atoms with van der Waals surface area (Å²) in [5.74, 6) is 0.547. The van der Waals surface area contributed by atoms with Gasteiger partial charge in [0.1, 0.15) is 5.58 Å². The van der Waals surface area contributed by atoms with Crippen molar-refractivity contribution in [3.63, 3.8) is 0 Å². The second-order valence-corrected chi connectivity index (χ2v) is 4.13. The minimum atomic E-state index is 0.0925. The SMILES string of the molecule is NC(c1coc2ccccc12)C1CNC1. The number of furan rings is 1. The van der Waals surface area contributed by atoms with Crippen LogP contribution in [0.1, 0.15) is 11.6 Å². The maximum absolute atomic E-state index is 6.21. The molecule has 1 atom stereocenters. The average Bonchev–Trinajstić information content (AvgIpc) is 2.58. The highest BCUT2D eigenvalue weighted by molar-refractivity contribution is 5.81. The molecule has 78 valence electrons. The van der Waals surface area contributed by atoms with E-state index in [1.165, 1.54) is 0 Å². The van der Waals surface area contributed by atoms with E-state index in [-0.39, 0.29) is 6.04 Å². The van der Waals surface area contributed by atoms with E-state index in [2.05, 4.69) is 11.4 Å². The number of hydrogen-bond acceptors (Lipinski definition) is 3. The Kier molecular flexibility index (Phi) is 2.01. The van der Waals surface area contributed by atoms with Crippen LogP contribution in [0, 0.1) is 5.92 Å². The maximum Gasteiger partial charge on any atom is 0.134 e. The monoisotopic (exact) mass is 202 g/mol. The topological polar surface area (TPSA) is 51.2 Å². The lowest BCUT2D eigenvalue weighted by Crippen LogP contribution is -2.47. The molecule has 0 amide bonds. The fraction of sp³-hybridized carbons (Fsp3) is 0.333. The van der Waals surface area contributed by atoms with Gasteiger partial charge in [-0.2, -0.15) is 0 Å². The van der Waals surface area contributed by atoms with Crippen molar-refractivity contribution in [2.75, 3.05) is 13.1 Å². The van der Waals surface area contributed by atoms with Crippen LogP contribution in [-0.4, -0.2) is 13.1 Å². The van der Waals surface area contributed by atoms with Crippen LogP contribution in [0.15, 0.2) is 34.9 Å². The first-order valence-electron chi connectivity index (χ1n) is 5.28. The third-order valence-electron chi connectivity index (χ3n) is 3.19. The standard InChI is InChI=1S/C12H14N2O/c13-12(8-5-14-6-8)10-7-15-11-4-2-1-3-9(10)11/h1-4,7-8,12,14H,5-6,13H2. The van der Waals surface area contributed by atoms with E-state index in [1.807, 2.05) is 18.2 Å². The Labute approximate surface area is 88.3 Å². The molecular formula is C12H14N2O. The van der Waals surface area contributed by atoms with E-state index in [1.54, 1.807) is 6.26 Å². The zero-order chi connectivity index (χ0) is 10.3. The second kappa shape index (κ2) is 3.36. The molecule has 2 aromatic rings. The molecule has 1 fully saturated rings. The summed E-state index contributed by atoms with van der Waals surface area (Å²) in [5, 5.41) is 4.39. The van der Waals surface area contributed by atoms with Crippen LogP contribution in [0.2, 0.25) is 0 Å². The summed E-state index contributed by atoms with van der Waals surface area (Å²) in [4.78, 5) is 0. The molecule has 1 unspecified atom stereocenters. The lowest BCUT2D eigenvalue weighted by molar-refractivity contribution is 0.295. The van der Waals surface area contributed by atoms with Gasteiger partial charge in [0.25, 0.3) is 0 Å². The van der Waals surface area contributed by atoms with Gasteiger partial charge in [-0.1, -0.05) is 18.2 Å². The number of nitrogens with one attached hydrogen (secondary N) is 1. The molecule has 1 aliphatic heterocycles. The number of nitrogens with two attached hydrogens (primary N) is 1. The molecule has 0 bridgehead atoms. The molecular weight excluding hydrogens is 188 g/mol. The Morgan fingerprint density at radius 1 is 1.33 bits per heavy atom. The Bertz CT molecular complexity index is 473. The van der Waals surface area contributed by atoms with E-state index in [0.29, 0.717) is 5.92 Å². The molecule has 2 heterocycles. The van der Waals surface area contributed by atoms with Crippen molar-refractivity contribution >= 4 is 11.0 Å². The van der Waals surface area contributed by atoms with E-state index >= 15 is 0 Å². The quantitative estimate of drug-likeness (QED) is 0.778. The zero-order valence-electron chi connectivity index (χ0n) is 8.44. The summed E-state index contributed by atoms with van der Waals surface area (Å²) >= 11 is 0. The Hall–Kier alpha value is -1.32. The van der Waals surface area contributed by atoms with Gasteiger partial charge in [-0.3, -0.25) is 0 Å². The van der Waals surface area contributed by atoms with Gasteiger partial charge in [0.15, 0.2) is 0 Å². The number of fused-ring (bicyclic) bond motifs is 1. The van der Waals surface area contributed by atoms with Gasteiger partial charge in [0.05, 0.1) is 6.26 Å². The van der Waals surface area contributed by atoms with Gasteiger partial charge >= 0.3 is 0 Å². The van der Waals surface area contributed by atoms with Crippen LogP contribution in [0.25, 0.3) is 11.0 Å². The number of para-hydroxylation sites is 1. The summed E-state index contributed by atoms with van der Waals surface area (Å²) in [6, 6.07) is 8.14. The molecule has 3 N–H and O–H groups in total. The summed E-state index contributed by atoms with van der Waals surface area (Å²) in [6.07, 6.45) is 1.80. The molecule has 15 heavy (non-hydrogen) atoms. The van der Waals surface area contributed by atoms with Gasteiger partial charge in [-0.15, -0.1) is 0 Å².